The molecule has 0 spiro atoms. The Bertz CT molecular complexity index is 815. The molecule has 0 heterocycles. The maximum absolute atomic E-state index is 12.4. The van der Waals surface area contributed by atoms with E-state index in [-0.39, 0.29) is 12.1 Å². The van der Waals surface area contributed by atoms with Crippen LogP contribution in [0.25, 0.3) is 0 Å². The van der Waals surface area contributed by atoms with Crippen molar-refractivity contribution in [1.82, 2.24) is 0 Å². The molecule has 4 heteroatoms. The van der Waals surface area contributed by atoms with Crippen molar-refractivity contribution < 1.29 is 19.4 Å². The summed E-state index contributed by atoms with van der Waals surface area (Å²) in [5.41, 5.74) is 0. The Morgan fingerprint density at radius 2 is 0.953 bits per heavy atom. The zero-order valence-electron chi connectivity index (χ0n) is 27.7. The van der Waals surface area contributed by atoms with Crippen LogP contribution in [-0.2, 0) is 14.3 Å². The minimum Gasteiger partial charge on any atom is -0.481 e. The Morgan fingerprint density at radius 1 is 0.535 bits per heavy atom. The molecular weight excluding hydrogens is 532 g/mol. The minimum absolute atomic E-state index is 0.0620. The molecule has 0 aliphatic carbocycles. The van der Waals surface area contributed by atoms with Crippen LogP contribution in [0.4, 0.5) is 0 Å². The molecule has 0 aliphatic heterocycles. The molecule has 0 bridgehead atoms. The third-order valence-electron chi connectivity index (χ3n) is 7.21. The van der Waals surface area contributed by atoms with Gasteiger partial charge in [-0.1, -0.05) is 145 Å². The molecule has 0 saturated heterocycles. The van der Waals surface area contributed by atoms with Gasteiger partial charge in [-0.3, -0.25) is 9.59 Å². The van der Waals surface area contributed by atoms with Gasteiger partial charge in [0.1, 0.15) is 6.10 Å². The van der Waals surface area contributed by atoms with E-state index in [2.05, 4.69) is 86.8 Å². The first kappa shape index (κ1) is 40.4. The van der Waals surface area contributed by atoms with Crippen LogP contribution in [0.3, 0.4) is 0 Å². The number of unbranched alkanes of at least 4 members (excludes halogenated alkanes) is 9. The average Bonchev–Trinajstić information content (AvgIpc) is 2.99. The summed E-state index contributed by atoms with van der Waals surface area (Å²) in [4.78, 5) is 22.9. The van der Waals surface area contributed by atoms with Crippen LogP contribution in [0.15, 0.2) is 72.9 Å². The lowest BCUT2D eigenvalue weighted by atomic mass is 10.0. The molecule has 0 radical (unpaired) electrons. The van der Waals surface area contributed by atoms with Gasteiger partial charge >= 0.3 is 11.9 Å². The molecule has 4 nitrogen and oxygen atoms in total. The van der Waals surface area contributed by atoms with E-state index < -0.39 is 5.97 Å². The monoisotopic (exact) mass is 596 g/mol. The number of carbonyl (C=O) groups is 2. The van der Waals surface area contributed by atoms with Crippen molar-refractivity contribution in [3.63, 3.8) is 0 Å². The molecule has 0 aromatic rings. The molecule has 1 atom stereocenters. The fourth-order valence-electron chi connectivity index (χ4n) is 4.67. The lowest BCUT2D eigenvalue weighted by molar-refractivity contribution is -0.149. The van der Waals surface area contributed by atoms with Gasteiger partial charge in [-0.05, 0) is 70.6 Å². The lowest BCUT2D eigenvalue weighted by Gasteiger charge is -2.17. The first-order chi connectivity index (χ1) is 21.1. The first-order valence-corrected chi connectivity index (χ1v) is 17.4. The average molecular weight is 597 g/mol. The maximum Gasteiger partial charge on any atom is 0.306 e. The van der Waals surface area contributed by atoms with Crippen molar-refractivity contribution >= 4 is 11.9 Å². The summed E-state index contributed by atoms with van der Waals surface area (Å²) in [5, 5.41) is 8.67. The van der Waals surface area contributed by atoms with E-state index in [0.29, 0.717) is 12.8 Å². The third kappa shape index (κ3) is 33.7. The summed E-state index contributed by atoms with van der Waals surface area (Å²) in [5.74, 6) is -0.753. The largest absolute Gasteiger partial charge is 0.481 e. The van der Waals surface area contributed by atoms with Gasteiger partial charge in [0.25, 0.3) is 0 Å². The van der Waals surface area contributed by atoms with Crippen molar-refractivity contribution in [3.8, 4) is 0 Å². The zero-order chi connectivity index (χ0) is 31.5. The van der Waals surface area contributed by atoms with E-state index in [0.717, 1.165) is 96.3 Å². The second-order valence-electron chi connectivity index (χ2n) is 11.3. The Balaban J connectivity index is 3.87. The van der Waals surface area contributed by atoms with E-state index in [1.165, 1.54) is 32.1 Å². The molecule has 0 aliphatic rings. The number of allylic oxidation sites excluding steroid dienone is 12. The third-order valence-corrected chi connectivity index (χ3v) is 7.21. The number of esters is 1. The SMILES string of the molecule is CC/C=C\C/C=C\C/C=C\C/C=C\C/C=C\C/C=C\CCC(=O)OC(CCCC)CCCCCCCCCCCC(=O)O. The number of carbonyl (C=O) groups excluding carboxylic acids is 1. The second kappa shape index (κ2) is 33.9. The van der Waals surface area contributed by atoms with Gasteiger partial charge in [0.2, 0.25) is 0 Å². The van der Waals surface area contributed by atoms with E-state index in [1.807, 2.05) is 0 Å². The number of aliphatic carboxylic acids is 1. The Labute approximate surface area is 265 Å². The van der Waals surface area contributed by atoms with E-state index in [1.54, 1.807) is 0 Å². The molecule has 0 aromatic carbocycles. The van der Waals surface area contributed by atoms with Gasteiger partial charge < -0.3 is 9.84 Å². The molecule has 1 N–H and O–H groups in total. The normalized spacial score (nSPS) is 13.2. The molecule has 0 aromatic heterocycles. The standard InChI is InChI=1S/C39H64O4/c1-3-5-7-8-9-10-11-12-13-14-15-16-17-18-19-23-26-29-32-36-39(42)43-37(33-6-4-2)34-30-27-24-21-20-22-25-28-31-35-38(40)41/h5,7,9-10,12-13,15-16,18-19,26,29,37H,3-4,6,8,11,14,17,20-25,27-28,30-36H2,1-2H3,(H,40,41)/b7-5-,10-9-,13-12-,16-15-,19-18-,29-26-. The predicted molar refractivity (Wildman–Crippen MR) is 185 cm³/mol. The highest BCUT2D eigenvalue weighted by molar-refractivity contribution is 5.69. The van der Waals surface area contributed by atoms with Crippen LogP contribution in [0, 0.1) is 0 Å². The number of ether oxygens (including phenoxy) is 1. The van der Waals surface area contributed by atoms with Crippen molar-refractivity contribution in [3.05, 3.63) is 72.9 Å². The van der Waals surface area contributed by atoms with Crippen LogP contribution in [-0.4, -0.2) is 23.1 Å². The number of rotatable bonds is 30. The topological polar surface area (TPSA) is 63.6 Å². The quantitative estimate of drug-likeness (QED) is 0.0509. The van der Waals surface area contributed by atoms with E-state index in [9.17, 15) is 9.59 Å². The van der Waals surface area contributed by atoms with Crippen molar-refractivity contribution in [2.45, 2.75) is 161 Å². The maximum atomic E-state index is 12.4. The van der Waals surface area contributed by atoms with E-state index in [4.69, 9.17) is 9.84 Å². The second-order valence-corrected chi connectivity index (χ2v) is 11.3. The Hall–Kier alpha value is -2.62. The van der Waals surface area contributed by atoms with Crippen molar-refractivity contribution in [1.29, 1.82) is 0 Å². The molecule has 0 saturated carbocycles. The number of carboxylic acids is 1. The molecule has 244 valence electrons. The fourth-order valence-corrected chi connectivity index (χ4v) is 4.67. The molecule has 43 heavy (non-hydrogen) atoms. The van der Waals surface area contributed by atoms with Gasteiger partial charge in [0, 0.05) is 12.8 Å². The van der Waals surface area contributed by atoms with Crippen LogP contribution in [0.2, 0.25) is 0 Å². The number of hydrogen-bond donors (Lipinski definition) is 1. The molecule has 0 amide bonds. The fraction of sp³-hybridized carbons (Fsp3) is 0.641. The predicted octanol–water partition coefficient (Wildman–Crippen LogP) is 11.9. The summed E-state index contributed by atoms with van der Waals surface area (Å²) < 4.78 is 5.84. The Kier molecular flexibility index (Phi) is 31.8. The summed E-state index contributed by atoms with van der Waals surface area (Å²) in [6, 6.07) is 0. The van der Waals surface area contributed by atoms with Gasteiger partial charge in [0.15, 0.2) is 0 Å². The first-order valence-electron chi connectivity index (χ1n) is 17.4. The highest BCUT2D eigenvalue weighted by atomic mass is 16.5. The lowest BCUT2D eigenvalue weighted by Crippen LogP contribution is -2.18. The van der Waals surface area contributed by atoms with Crippen LogP contribution in [0.5, 0.6) is 0 Å². The van der Waals surface area contributed by atoms with Gasteiger partial charge in [-0.25, -0.2) is 0 Å². The van der Waals surface area contributed by atoms with Gasteiger partial charge in [-0.15, -0.1) is 0 Å². The minimum atomic E-state index is -0.687. The summed E-state index contributed by atoms with van der Waals surface area (Å²) in [6.07, 6.45) is 48.1. The summed E-state index contributed by atoms with van der Waals surface area (Å²) in [6.45, 7) is 4.34. The summed E-state index contributed by atoms with van der Waals surface area (Å²) in [7, 11) is 0. The van der Waals surface area contributed by atoms with Gasteiger partial charge in [-0.2, -0.15) is 0 Å². The number of hydrogen-bond acceptors (Lipinski definition) is 3. The zero-order valence-corrected chi connectivity index (χ0v) is 27.7. The van der Waals surface area contributed by atoms with Crippen LogP contribution < -0.4 is 0 Å². The molecular formula is C39H64O4. The van der Waals surface area contributed by atoms with Crippen molar-refractivity contribution in [2.75, 3.05) is 0 Å². The summed E-state index contributed by atoms with van der Waals surface area (Å²) >= 11 is 0. The van der Waals surface area contributed by atoms with Gasteiger partial charge in [0.05, 0.1) is 0 Å². The molecule has 1 unspecified atom stereocenters. The van der Waals surface area contributed by atoms with Crippen LogP contribution >= 0.6 is 0 Å². The molecule has 0 fully saturated rings. The highest BCUT2D eigenvalue weighted by Gasteiger charge is 2.13. The Morgan fingerprint density at radius 3 is 1.42 bits per heavy atom. The molecule has 0 rings (SSSR count). The van der Waals surface area contributed by atoms with Crippen LogP contribution in [0.1, 0.15) is 155 Å². The van der Waals surface area contributed by atoms with Crippen molar-refractivity contribution in [2.24, 2.45) is 0 Å². The highest BCUT2D eigenvalue weighted by Crippen LogP contribution is 2.17. The smallest absolute Gasteiger partial charge is 0.306 e. The van der Waals surface area contributed by atoms with E-state index >= 15 is 0 Å². The number of carboxylic acid groups (broad SMARTS) is 1.